The van der Waals surface area contributed by atoms with Crippen LogP contribution in [0, 0.1) is 23.6 Å². The summed E-state index contributed by atoms with van der Waals surface area (Å²) in [4.78, 5) is 53.3. The number of carbonyl (C=O) groups excluding carboxylic acids is 4. The molecule has 7 heteroatoms. The van der Waals surface area contributed by atoms with Crippen LogP contribution >= 0.6 is 0 Å². The number of benzene rings is 1. The lowest BCUT2D eigenvalue weighted by Crippen LogP contribution is -2.39. The molecule has 0 radical (unpaired) electrons. The number of hydrogen-bond donors (Lipinski definition) is 1. The number of aromatic hydroxyl groups is 1. The second kappa shape index (κ2) is 7.08. The first-order chi connectivity index (χ1) is 15.2. The van der Waals surface area contributed by atoms with Crippen molar-refractivity contribution in [3.8, 4) is 5.75 Å². The number of phenols is 1. The molecule has 1 aliphatic heterocycles. The normalized spacial score (nSPS) is 29.5. The van der Waals surface area contributed by atoms with Crippen LogP contribution in [0.4, 0.5) is 4.39 Å². The van der Waals surface area contributed by atoms with Gasteiger partial charge in [-0.2, -0.15) is 0 Å². The van der Waals surface area contributed by atoms with Crippen LogP contribution in [0.15, 0.2) is 52.6 Å². The lowest BCUT2D eigenvalue weighted by Gasteiger charge is -2.42. The molecule has 2 amide bonds. The number of allylic oxidation sites excluding steroid dienone is 6. The van der Waals surface area contributed by atoms with E-state index in [-0.39, 0.29) is 36.3 Å². The van der Waals surface area contributed by atoms with Gasteiger partial charge < -0.3 is 5.11 Å². The van der Waals surface area contributed by atoms with Gasteiger partial charge in [0.1, 0.15) is 0 Å². The molecule has 32 heavy (non-hydrogen) atoms. The van der Waals surface area contributed by atoms with Crippen LogP contribution in [0.1, 0.15) is 38.2 Å². The fourth-order valence-corrected chi connectivity index (χ4v) is 5.82. The van der Waals surface area contributed by atoms with Crippen molar-refractivity contribution in [3.63, 3.8) is 0 Å². The number of phenolic OH excluding ortho intramolecular Hbond substituents is 1. The summed E-state index contributed by atoms with van der Waals surface area (Å²) in [6, 6.07) is 3.93. The molecule has 1 fully saturated rings. The van der Waals surface area contributed by atoms with Crippen molar-refractivity contribution in [1.29, 1.82) is 0 Å². The number of amides is 2. The number of ketones is 2. The maximum absolute atomic E-state index is 14.3. The van der Waals surface area contributed by atoms with Gasteiger partial charge in [0.2, 0.25) is 11.8 Å². The third-order valence-corrected chi connectivity index (χ3v) is 7.28. The molecular formula is C25H22FNO5. The van der Waals surface area contributed by atoms with E-state index in [0.29, 0.717) is 28.7 Å². The molecule has 1 heterocycles. The number of rotatable bonds is 2. The number of carbonyl (C=O) groups is 4. The molecule has 0 aromatic heterocycles. The molecule has 6 nitrogen and oxygen atoms in total. The number of Topliss-reactive ketones (excluding diaryl/α,β-unsaturated/α-hetero) is 1. The minimum Gasteiger partial charge on any atom is -0.505 e. The van der Waals surface area contributed by atoms with Gasteiger partial charge in [0, 0.05) is 29.2 Å². The summed E-state index contributed by atoms with van der Waals surface area (Å²) in [5.41, 5.74) is 2.16. The third-order valence-electron chi connectivity index (χ3n) is 7.28. The predicted octanol–water partition coefficient (Wildman–Crippen LogP) is 2.98. The molecule has 1 aromatic rings. The van der Waals surface area contributed by atoms with Crippen LogP contribution in [0.5, 0.6) is 5.75 Å². The van der Waals surface area contributed by atoms with E-state index in [4.69, 9.17) is 0 Å². The standard InChI is InChI=1S/C25H22FNO5/c1-3-27-24(31)14-6-5-13-15(21(14)25(27)32)10-16-19(29)8-11(2)23(30)22(16)20(13)12-4-7-18(28)17(26)9-12/h4-5,7-9,14-15,20-21,28H,3,6,10H2,1-2H3/t14-,15+,20-,21-/m0/s1. The molecule has 4 atom stereocenters. The highest BCUT2D eigenvalue weighted by atomic mass is 19.1. The van der Waals surface area contributed by atoms with E-state index in [0.717, 1.165) is 5.57 Å². The summed E-state index contributed by atoms with van der Waals surface area (Å²) < 4.78 is 14.3. The topological polar surface area (TPSA) is 91.8 Å². The predicted molar refractivity (Wildman–Crippen MR) is 112 cm³/mol. The van der Waals surface area contributed by atoms with Crippen LogP contribution in [0.2, 0.25) is 0 Å². The van der Waals surface area contributed by atoms with Crippen LogP contribution in [0.25, 0.3) is 0 Å². The monoisotopic (exact) mass is 435 g/mol. The van der Waals surface area contributed by atoms with Gasteiger partial charge in [-0.05, 0) is 56.4 Å². The average Bonchev–Trinajstić information content (AvgIpc) is 3.02. The molecule has 3 aliphatic carbocycles. The first kappa shape index (κ1) is 20.5. The Hall–Kier alpha value is -3.35. The largest absolute Gasteiger partial charge is 0.505 e. The summed E-state index contributed by atoms with van der Waals surface area (Å²) in [6.07, 6.45) is 3.75. The van der Waals surface area contributed by atoms with Gasteiger partial charge in [0.15, 0.2) is 23.1 Å². The van der Waals surface area contributed by atoms with Gasteiger partial charge in [-0.25, -0.2) is 4.39 Å². The van der Waals surface area contributed by atoms with Gasteiger partial charge in [-0.15, -0.1) is 0 Å². The molecule has 0 spiro atoms. The zero-order valence-corrected chi connectivity index (χ0v) is 17.7. The molecule has 1 saturated heterocycles. The lowest BCUT2D eigenvalue weighted by atomic mass is 9.59. The van der Waals surface area contributed by atoms with E-state index in [1.165, 1.54) is 29.2 Å². The Morgan fingerprint density at radius 1 is 1.12 bits per heavy atom. The van der Waals surface area contributed by atoms with Crippen molar-refractivity contribution >= 4 is 23.4 Å². The maximum atomic E-state index is 14.3. The molecule has 5 rings (SSSR count). The first-order valence-electron chi connectivity index (χ1n) is 10.8. The fraction of sp³-hybridized carbons (Fsp3) is 0.360. The second-order valence-electron chi connectivity index (χ2n) is 8.86. The Morgan fingerprint density at radius 3 is 2.56 bits per heavy atom. The molecule has 1 N–H and O–H groups in total. The minimum atomic E-state index is -0.827. The molecule has 4 aliphatic rings. The summed E-state index contributed by atoms with van der Waals surface area (Å²) in [5.74, 6) is -4.57. The summed E-state index contributed by atoms with van der Waals surface area (Å²) in [7, 11) is 0. The van der Waals surface area contributed by atoms with Crippen molar-refractivity contribution in [2.75, 3.05) is 6.54 Å². The van der Waals surface area contributed by atoms with Gasteiger partial charge in [0.25, 0.3) is 0 Å². The fourth-order valence-electron chi connectivity index (χ4n) is 5.82. The summed E-state index contributed by atoms with van der Waals surface area (Å²) >= 11 is 0. The second-order valence-corrected chi connectivity index (χ2v) is 8.86. The van der Waals surface area contributed by atoms with Crippen LogP contribution < -0.4 is 0 Å². The number of halogens is 1. The minimum absolute atomic E-state index is 0.199. The van der Waals surface area contributed by atoms with E-state index in [1.807, 2.05) is 6.08 Å². The highest BCUT2D eigenvalue weighted by Crippen LogP contribution is 2.55. The van der Waals surface area contributed by atoms with Gasteiger partial charge >= 0.3 is 0 Å². The summed E-state index contributed by atoms with van der Waals surface area (Å²) in [5, 5.41) is 9.67. The number of likely N-dealkylation sites (tertiary alicyclic amines) is 1. The average molecular weight is 435 g/mol. The van der Waals surface area contributed by atoms with Gasteiger partial charge in [-0.3, -0.25) is 24.1 Å². The van der Waals surface area contributed by atoms with Crippen molar-refractivity contribution in [2.24, 2.45) is 17.8 Å². The molecule has 0 saturated carbocycles. The maximum Gasteiger partial charge on any atom is 0.233 e. The van der Waals surface area contributed by atoms with E-state index in [2.05, 4.69) is 0 Å². The number of nitrogens with zero attached hydrogens (tertiary/aromatic N) is 1. The quantitative estimate of drug-likeness (QED) is 0.438. The number of fused-ring (bicyclic) bond motifs is 3. The van der Waals surface area contributed by atoms with Gasteiger partial charge in [-0.1, -0.05) is 17.7 Å². The van der Waals surface area contributed by atoms with E-state index >= 15 is 0 Å². The molecule has 164 valence electrons. The van der Waals surface area contributed by atoms with Crippen molar-refractivity contribution in [2.45, 2.75) is 32.6 Å². The highest BCUT2D eigenvalue weighted by Gasteiger charge is 2.55. The Labute approximate surface area is 184 Å². The Bertz CT molecular complexity index is 1210. The van der Waals surface area contributed by atoms with Crippen LogP contribution in [-0.4, -0.2) is 39.9 Å². The zero-order chi connectivity index (χ0) is 22.9. The van der Waals surface area contributed by atoms with Gasteiger partial charge in [0.05, 0.1) is 11.8 Å². The van der Waals surface area contributed by atoms with Crippen molar-refractivity contribution in [1.82, 2.24) is 4.90 Å². The lowest BCUT2D eigenvalue weighted by molar-refractivity contribution is -0.139. The van der Waals surface area contributed by atoms with E-state index < -0.39 is 35.2 Å². The Morgan fingerprint density at radius 2 is 1.88 bits per heavy atom. The third kappa shape index (κ3) is 2.70. The first-order valence-corrected chi connectivity index (χ1v) is 10.8. The van der Waals surface area contributed by atoms with Crippen LogP contribution in [-0.2, 0) is 19.2 Å². The van der Waals surface area contributed by atoms with Crippen molar-refractivity contribution in [3.05, 3.63) is 64.0 Å². The smallest absolute Gasteiger partial charge is 0.233 e. The molecular weight excluding hydrogens is 413 g/mol. The number of imide groups is 1. The van der Waals surface area contributed by atoms with E-state index in [9.17, 15) is 28.7 Å². The number of hydrogen-bond acceptors (Lipinski definition) is 5. The molecule has 0 bridgehead atoms. The molecule has 0 unspecified atom stereocenters. The SMILES string of the molecule is CCN1C(=O)[C@H]2[C@H](CC=C3[C@H](c4ccc(O)c(F)c4)C4=C(C[C@H]32)C(=O)C=C(C)C4=O)C1=O. The van der Waals surface area contributed by atoms with Crippen LogP contribution in [0.3, 0.4) is 0 Å². The zero-order valence-electron chi connectivity index (χ0n) is 17.7. The van der Waals surface area contributed by atoms with E-state index in [1.54, 1.807) is 13.8 Å². The van der Waals surface area contributed by atoms with Crippen molar-refractivity contribution < 1.29 is 28.7 Å². The highest BCUT2D eigenvalue weighted by molar-refractivity contribution is 6.23. The summed E-state index contributed by atoms with van der Waals surface area (Å²) in [6.45, 7) is 3.61. The Balaban J connectivity index is 1.71. The molecule has 1 aromatic carbocycles. The Kier molecular flexibility index (Phi) is 4.55.